The van der Waals surface area contributed by atoms with E-state index in [1.807, 2.05) is 20.8 Å². The first-order chi connectivity index (χ1) is 13.7. The van der Waals surface area contributed by atoms with Crippen LogP contribution in [0, 0.1) is 17.0 Å². The second kappa shape index (κ2) is 7.79. The zero-order valence-electron chi connectivity index (χ0n) is 18.5. The van der Waals surface area contributed by atoms with Crippen molar-refractivity contribution < 1.29 is 22.9 Å². The third-order valence-electron chi connectivity index (χ3n) is 5.53. The summed E-state index contributed by atoms with van der Waals surface area (Å²) in [4.78, 5) is 14.1. The Morgan fingerprint density at radius 3 is 2.23 bits per heavy atom. The van der Waals surface area contributed by atoms with Crippen molar-refractivity contribution in [2.75, 3.05) is 13.1 Å². The van der Waals surface area contributed by atoms with Gasteiger partial charge < -0.3 is 14.2 Å². The fraction of sp³-hybridized carbons (Fsp3) is 0.636. The number of carbonyl (C=O) groups is 1. The van der Waals surface area contributed by atoms with E-state index in [4.69, 9.17) is 4.74 Å². The molecule has 1 atom stereocenters. The lowest BCUT2D eigenvalue weighted by atomic mass is 9.74. The Bertz CT molecular complexity index is 866. The molecule has 8 heteroatoms. The summed E-state index contributed by atoms with van der Waals surface area (Å²) < 4.78 is 51.4. The van der Waals surface area contributed by atoms with Crippen LogP contribution < -0.4 is 0 Å². The predicted octanol–water partition coefficient (Wildman–Crippen LogP) is 4.79. The Kier molecular flexibility index (Phi) is 5.97. The van der Waals surface area contributed by atoms with E-state index in [0.717, 1.165) is 12.1 Å². The molecule has 1 amide bonds. The molecule has 0 bridgehead atoms. The summed E-state index contributed by atoms with van der Waals surface area (Å²) in [7, 11) is 0. The largest absolute Gasteiger partial charge is 0.591 e. The van der Waals surface area contributed by atoms with Crippen LogP contribution in [0.25, 0.3) is 0 Å². The third kappa shape index (κ3) is 4.49. The van der Waals surface area contributed by atoms with Gasteiger partial charge in [-0.2, -0.15) is 0 Å². The number of carbonyl (C=O) groups excluding carboxylic acids is 1. The summed E-state index contributed by atoms with van der Waals surface area (Å²) in [6.45, 7) is 11.6. The zero-order valence-corrected chi connectivity index (χ0v) is 19.3. The Balaban J connectivity index is 1.95. The fourth-order valence-electron chi connectivity index (χ4n) is 3.93. The molecule has 166 valence electrons. The van der Waals surface area contributed by atoms with Crippen molar-refractivity contribution in [1.29, 1.82) is 0 Å². The number of nitrogens with zero attached hydrogens (tertiary/aromatic N) is 2. The van der Waals surface area contributed by atoms with Crippen molar-refractivity contribution >= 4 is 23.2 Å². The number of amides is 1. The van der Waals surface area contributed by atoms with Gasteiger partial charge in [0, 0.05) is 29.6 Å². The first-order valence-corrected chi connectivity index (χ1v) is 11.3. The van der Waals surface area contributed by atoms with E-state index in [2.05, 4.69) is 4.40 Å². The van der Waals surface area contributed by atoms with E-state index >= 15 is 0 Å². The third-order valence-corrected chi connectivity index (χ3v) is 6.93. The van der Waals surface area contributed by atoms with Gasteiger partial charge in [0.2, 0.25) is 0 Å². The van der Waals surface area contributed by atoms with Crippen molar-refractivity contribution in [3.63, 3.8) is 0 Å². The van der Waals surface area contributed by atoms with E-state index in [1.165, 1.54) is 0 Å². The van der Waals surface area contributed by atoms with E-state index in [-0.39, 0.29) is 17.5 Å². The Morgan fingerprint density at radius 2 is 1.70 bits per heavy atom. The van der Waals surface area contributed by atoms with Crippen molar-refractivity contribution in [1.82, 2.24) is 4.90 Å². The van der Waals surface area contributed by atoms with Crippen molar-refractivity contribution in [2.45, 2.75) is 71.2 Å². The van der Waals surface area contributed by atoms with Gasteiger partial charge in [0.05, 0.1) is 0 Å². The topological polar surface area (TPSA) is 65.0 Å². The summed E-state index contributed by atoms with van der Waals surface area (Å²) in [5.74, 6) is -1.03. The second-order valence-corrected chi connectivity index (χ2v) is 12.0. The predicted molar refractivity (Wildman–Crippen MR) is 114 cm³/mol. The molecule has 0 N–H and O–H groups in total. The molecule has 1 aromatic rings. The number of rotatable bonds is 1. The molecule has 0 unspecified atom stereocenters. The van der Waals surface area contributed by atoms with E-state index in [9.17, 15) is 18.1 Å². The van der Waals surface area contributed by atoms with Gasteiger partial charge in [0.1, 0.15) is 39.1 Å². The summed E-state index contributed by atoms with van der Waals surface area (Å²) in [5, 5.41) is 0. The molecule has 0 radical (unpaired) electrons. The highest BCUT2D eigenvalue weighted by Crippen LogP contribution is 2.47. The lowest BCUT2D eigenvalue weighted by molar-refractivity contribution is 0.0159. The number of hydrogen-bond acceptors (Lipinski definition) is 4. The molecular formula is C22H30F2N2O3S. The molecule has 1 spiro atoms. The molecule has 0 aromatic heterocycles. The zero-order chi connectivity index (χ0) is 22.5. The van der Waals surface area contributed by atoms with Gasteiger partial charge in [-0.25, -0.2) is 13.6 Å². The normalized spacial score (nSPS) is 21.1. The Morgan fingerprint density at radius 1 is 1.13 bits per heavy atom. The van der Waals surface area contributed by atoms with Crippen molar-refractivity contribution in [3.05, 3.63) is 34.9 Å². The van der Waals surface area contributed by atoms with Crippen LogP contribution in [0.5, 0.6) is 0 Å². The summed E-state index contributed by atoms with van der Waals surface area (Å²) in [6, 6.07) is 2.22. The van der Waals surface area contributed by atoms with Gasteiger partial charge in [-0.05, 0) is 72.9 Å². The van der Waals surface area contributed by atoms with E-state index in [1.54, 1.807) is 25.7 Å². The molecule has 1 fully saturated rings. The molecular weight excluding hydrogens is 410 g/mol. The van der Waals surface area contributed by atoms with Gasteiger partial charge in [-0.3, -0.25) is 0 Å². The Hall–Kier alpha value is -1.67. The van der Waals surface area contributed by atoms with Crippen LogP contribution in [0.1, 0.15) is 65.5 Å². The number of ether oxygens (including phenoxy) is 1. The minimum absolute atomic E-state index is 0.137. The lowest BCUT2D eigenvalue weighted by Crippen LogP contribution is -2.47. The van der Waals surface area contributed by atoms with Gasteiger partial charge in [0.25, 0.3) is 0 Å². The minimum Gasteiger partial charge on any atom is -0.591 e. The number of likely N-dealkylation sites (tertiary alicyclic amines) is 1. The maximum absolute atomic E-state index is 14.8. The van der Waals surface area contributed by atoms with E-state index in [0.29, 0.717) is 31.6 Å². The lowest BCUT2D eigenvalue weighted by Gasteiger charge is -2.39. The van der Waals surface area contributed by atoms with Crippen LogP contribution in [0.2, 0.25) is 0 Å². The van der Waals surface area contributed by atoms with Crippen molar-refractivity contribution in [3.8, 4) is 0 Å². The van der Waals surface area contributed by atoms with Crippen LogP contribution in [0.15, 0.2) is 16.5 Å². The monoisotopic (exact) mass is 440 g/mol. The average molecular weight is 441 g/mol. The van der Waals surface area contributed by atoms with Crippen LogP contribution in [-0.4, -0.2) is 44.7 Å². The maximum Gasteiger partial charge on any atom is 0.410 e. The quantitative estimate of drug-likeness (QED) is 0.590. The molecule has 1 aliphatic heterocycles. The smallest absolute Gasteiger partial charge is 0.410 e. The minimum atomic E-state index is -1.61. The van der Waals surface area contributed by atoms with Gasteiger partial charge in [0.15, 0.2) is 0 Å². The molecule has 1 aliphatic carbocycles. The number of benzene rings is 1. The van der Waals surface area contributed by atoms with Gasteiger partial charge in [-0.15, -0.1) is 0 Å². The number of fused-ring (bicyclic) bond motifs is 1. The first kappa shape index (κ1) is 23.0. The van der Waals surface area contributed by atoms with Crippen LogP contribution in [0.4, 0.5) is 13.6 Å². The molecule has 1 heterocycles. The highest BCUT2D eigenvalue weighted by atomic mass is 32.2. The molecule has 5 nitrogen and oxygen atoms in total. The average Bonchev–Trinajstić information content (AvgIpc) is 2.92. The summed E-state index contributed by atoms with van der Waals surface area (Å²) in [5.41, 5.74) is -0.460. The first-order valence-electron chi connectivity index (χ1n) is 10.2. The number of hydrogen-bond donors (Lipinski definition) is 0. The standard InChI is InChI=1S/C22H30F2N2O3S/c1-20(2,3)29-19(27)26-11-9-22(10-12-26)13-14-15(23)7-8-16(24)17(14)18(22)25-30(28)21(4,5)6/h7-8H,9-13H2,1-6H3/b25-18+/t30-/m1/s1. The second-order valence-electron chi connectivity index (χ2n) is 10.1. The molecule has 3 rings (SSSR count). The number of halogens is 2. The van der Waals surface area contributed by atoms with Crippen LogP contribution in [0.3, 0.4) is 0 Å². The van der Waals surface area contributed by atoms with Gasteiger partial charge >= 0.3 is 6.09 Å². The molecule has 2 aliphatic rings. The fourth-order valence-corrected chi connectivity index (χ4v) is 4.65. The highest BCUT2D eigenvalue weighted by Gasteiger charge is 2.50. The summed E-state index contributed by atoms with van der Waals surface area (Å²) >= 11 is -1.61. The number of piperidine rings is 1. The van der Waals surface area contributed by atoms with Gasteiger partial charge in [-0.1, -0.05) is 4.40 Å². The Labute approximate surface area is 180 Å². The summed E-state index contributed by atoms with van der Waals surface area (Å²) in [6.07, 6.45) is 0.829. The molecule has 0 saturated carbocycles. The molecule has 1 aromatic carbocycles. The maximum atomic E-state index is 14.8. The van der Waals surface area contributed by atoms with Crippen molar-refractivity contribution in [2.24, 2.45) is 9.81 Å². The highest BCUT2D eigenvalue weighted by molar-refractivity contribution is 7.91. The van der Waals surface area contributed by atoms with E-state index < -0.39 is 44.9 Å². The van der Waals surface area contributed by atoms with Crippen LogP contribution in [-0.2, 0) is 22.5 Å². The molecule has 1 saturated heterocycles. The molecule has 30 heavy (non-hydrogen) atoms. The SMILES string of the molecule is CC(C)(C)OC(=O)N1CCC2(CC1)Cc1c(F)ccc(F)c1/C2=N\[S@+]([O-])C(C)(C)C. The van der Waals surface area contributed by atoms with Crippen LogP contribution >= 0.6 is 0 Å².